The Morgan fingerprint density at radius 2 is 2.21 bits per heavy atom. The summed E-state index contributed by atoms with van der Waals surface area (Å²) in [6.07, 6.45) is 1.67. The predicted octanol–water partition coefficient (Wildman–Crippen LogP) is 2.26. The van der Waals surface area contributed by atoms with Gasteiger partial charge in [0.05, 0.1) is 6.54 Å². The Bertz CT molecular complexity index is 316. The van der Waals surface area contributed by atoms with Crippen molar-refractivity contribution in [3.63, 3.8) is 0 Å². The van der Waals surface area contributed by atoms with Crippen LogP contribution in [0.3, 0.4) is 0 Å². The molecular formula is C14H27N3OS. The normalized spacial score (nSPS) is 21.8. The van der Waals surface area contributed by atoms with E-state index in [1.165, 1.54) is 6.42 Å². The van der Waals surface area contributed by atoms with E-state index in [0.29, 0.717) is 30.8 Å². The minimum Gasteiger partial charge on any atom is -0.362 e. The van der Waals surface area contributed by atoms with Gasteiger partial charge in [0.1, 0.15) is 0 Å². The van der Waals surface area contributed by atoms with E-state index in [-0.39, 0.29) is 5.91 Å². The lowest BCUT2D eigenvalue weighted by Crippen LogP contribution is -2.41. The Hall–Kier alpha value is -0.710. The summed E-state index contributed by atoms with van der Waals surface area (Å²) in [5.41, 5.74) is 0. The Morgan fingerprint density at radius 1 is 1.47 bits per heavy atom. The lowest BCUT2D eigenvalue weighted by molar-refractivity contribution is -0.121. The molecule has 0 saturated carbocycles. The van der Waals surface area contributed by atoms with Gasteiger partial charge in [-0.1, -0.05) is 39.5 Å². The second kappa shape index (κ2) is 8.46. The molecule has 0 aromatic rings. The first-order valence-corrected chi connectivity index (χ1v) is 8.18. The molecule has 5 heteroatoms. The number of hydrogen-bond donors (Lipinski definition) is 2. The van der Waals surface area contributed by atoms with Crippen molar-refractivity contribution in [2.24, 2.45) is 16.8 Å². The molecule has 0 aliphatic carbocycles. The number of thioether (sulfide) groups is 1. The lowest BCUT2D eigenvalue weighted by Gasteiger charge is -2.28. The van der Waals surface area contributed by atoms with E-state index in [1.54, 1.807) is 11.8 Å². The fraction of sp³-hybridized carbons (Fsp3) is 0.857. The summed E-state index contributed by atoms with van der Waals surface area (Å²) in [7, 11) is 0. The summed E-state index contributed by atoms with van der Waals surface area (Å²) in [6.45, 7) is 9.96. The molecule has 1 aliphatic rings. The molecule has 0 bridgehead atoms. The Kier molecular flexibility index (Phi) is 7.28. The molecule has 1 rings (SSSR count). The number of carbonyl (C=O) groups excluding carboxylic acids is 1. The van der Waals surface area contributed by atoms with Crippen LogP contribution in [0.4, 0.5) is 0 Å². The molecule has 110 valence electrons. The molecule has 1 heterocycles. The van der Waals surface area contributed by atoms with Gasteiger partial charge in [-0.05, 0) is 18.3 Å². The van der Waals surface area contributed by atoms with E-state index in [1.807, 2.05) is 0 Å². The number of nitrogens with zero attached hydrogens (tertiary/aromatic N) is 1. The summed E-state index contributed by atoms with van der Waals surface area (Å²) >= 11 is 1.76. The van der Waals surface area contributed by atoms with Gasteiger partial charge < -0.3 is 10.6 Å². The summed E-state index contributed by atoms with van der Waals surface area (Å²) in [6, 6.07) is 0.523. The van der Waals surface area contributed by atoms with Crippen LogP contribution in [-0.2, 0) is 4.79 Å². The lowest BCUT2D eigenvalue weighted by atomic mass is 10.0. The zero-order valence-electron chi connectivity index (χ0n) is 12.5. The summed E-state index contributed by atoms with van der Waals surface area (Å²) in [4.78, 5) is 16.0. The van der Waals surface area contributed by atoms with Gasteiger partial charge in [-0.15, -0.1) is 0 Å². The van der Waals surface area contributed by atoms with Crippen molar-refractivity contribution in [1.82, 2.24) is 10.6 Å². The molecule has 1 atom stereocenters. The Labute approximate surface area is 121 Å². The van der Waals surface area contributed by atoms with E-state index in [4.69, 9.17) is 0 Å². The van der Waals surface area contributed by atoms with E-state index >= 15 is 0 Å². The maximum atomic E-state index is 11.6. The Morgan fingerprint density at radius 3 is 2.84 bits per heavy atom. The monoisotopic (exact) mass is 285 g/mol. The number of rotatable bonds is 6. The van der Waals surface area contributed by atoms with Crippen molar-refractivity contribution in [2.45, 2.75) is 46.6 Å². The highest BCUT2D eigenvalue weighted by atomic mass is 32.2. The predicted molar refractivity (Wildman–Crippen MR) is 83.6 cm³/mol. The second-order valence-electron chi connectivity index (χ2n) is 5.77. The first kappa shape index (κ1) is 16.3. The van der Waals surface area contributed by atoms with Gasteiger partial charge in [0.2, 0.25) is 5.91 Å². The molecule has 0 aromatic carbocycles. The van der Waals surface area contributed by atoms with Crippen LogP contribution in [0.1, 0.15) is 40.5 Å². The maximum Gasteiger partial charge on any atom is 0.221 e. The molecular weight excluding hydrogens is 258 g/mol. The molecule has 0 radical (unpaired) electrons. The van der Waals surface area contributed by atoms with Crippen LogP contribution >= 0.6 is 11.8 Å². The molecule has 0 spiro atoms. The number of aliphatic imine (C=N–C) groups is 1. The average Bonchev–Trinajstić information content (AvgIpc) is 2.36. The third-order valence-electron chi connectivity index (χ3n) is 3.08. The van der Waals surface area contributed by atoms with Gasteiger partial charge in [-0.2, -0.15) is 0 Å². The number of hydrogen-bond acceptors (Lipinski definition) is 3. The van der Waals surface area contributed by atoms with Crippen molar-refractivity contribution in [1.29, 1.82) is 0 Å². The highest BCUT2D eigenvalue weighted by molar-refractivity contribution is 8.13. The summed E-state index contributed by atoms with van der Waals surface area (Å²) in [5.74, 6) is 2.34. The van der Waals surface area contributed by atoms with Crippen molar-refractivity contribution in [2.75, 3.05) is 18.8 Å². The molecule has 1 fully saturated rings. The van der Waals surface area contributed by atoms with Gasteiger partial charge in [0, 0.05) is 24.8 Å². The minimum atomic E-state index is 0.0965. The van der Waals surface area contributed by atoms with Crippen molar-refractivity contribution < 1.29 is 4.79 Å². The van der Waals surface area contributed by atoms with E-state index < -0.39 is 0 Å². The van der Waals surface area contributed by atoms with Crippen LogP contribution < -0.4 is 10.6 Å². The zero-order chi connectivity index (χ0) is 14.3. The highest BCUT2D eigenvalue weighted by Gasteiger charge is 2.19. The fourth-order valence-corrected chi connectivity index (χ4v) is 2.79. The van der Waals surface area contributed by atoms with Crippen molar-refractivity contribution in [3.05, 3.63) is 0 Å². The molecule has 19 heavy (non-hydrogen) atoms. The zero-order valence-corrected chi connectivity index (χ0v) is 13.3. The standard InChI is InChI=1S/C14H27N3OS/c1-10(2)9-16-13(18)5-7-15-14-17-12(11(3)4)6-8-19-14/h10-12H,5-9H2,1-4H3,(H,15,17)(H,16,18). The van der Waals surface area contributed by atoms with Crippen molar-refractivity contribution in [3.8, 4) is 0 Å². The van der Waals surface area contributed by atoms with Gasteiger partial charge in [0.25, 0.3) is 0 Å². The molecule has 1 aliphatic heterocycles. The third-order valence-corrected chi connectivity index (χ3v) is 4.04. The summed E-state index contributed by atoms with van der Waals surface area (Å²) < 4.78 is 0. The molecule has 0 aromatic heterocycles. The fourth-order valence-electron chi connectivity index (χ4n) is 1.81. The SMILES string of the molecule is CC(C)CNC(=O)CCN=C1NC(C(C)C)CCS1. The van der Waals surface area contributed by atoms with Crippen LogP contribution in [-0.4, -0.2) is 36.0 Å². The third kappa shape index (κ3) is 6.85. The van der Waals surface area contributed by atoms with Gasteiger partial charge in [0.15, 0.2) is 5.17 Å². The molecule has 4 nitrogen and oxygen atoms in total. The van der Waals surface area contributed by atoms with Gasteiger partial charge >= 0.3 is 0 Å². The maximum absolute atomic E-state index is 11.6. The van der Waals surface area contributed by atoms with Crippen LogP contribution in [0.25, 0.3) is 0 Å². The van der Waals surface area contributed by atoms with E-state index in [0.717, 1.165) is 17.5 Å². The highest BCUT2D eigenvalue weighted by Crippen LogP contribution is 2.18. The van der Waals surface area contributed by atoms with Crippen molar-refractivity contribution >= 4 is 22.8 Å². The first-order valence-electron chi connectivity index (χ1n) is 7.19. The van der Waals surface area contributed by atoms with Crippen LogP contribution in [0.15, 0.2) is 4.99 Å². The topological polar surface area (TPSA) is 53.5 Å². The average molecular weight is 285 g/mol. The van der Waals surface area contributed by atoms with E-state index in [9.17, 15) is 4.79 Å². The largest absolute Gasteiger partial charge is 0.362 e. The van der Waals surface area contributed by atoms with Crippen LogP contribution in [0, 0.1) is 11.8 Å². The Balaban J connectivity index is 2.26. The number of amidine groups is 1. The smallest absolute Gasteiger partial charge is 0.221 e. The minimum absolute atomic E-state index is 0.0965. The number of amides is 1. The molecule has 1 saturated heterocycles. The number of nitrogens with one attached hydrogen (secondary N) is 2. The second-order valence-corrected chi connectivity index (χ2v) is 6.85. The van der Waals surface area contributed by atoms with Crippen LogP contribution in [0.2, 0.25) is 0 Å². The van der Waals surface area contributed by atoms with Gasteiger partial charge in [-0.3, -0.25) is 9.79 Å². The molecule has 1 amide bonds. The first-order chi connectivity index (χ1) is 8.99. The van der Waals surface area contributed by atoms with Gasteiger partial charge in [-0.25, -0.2) is 0 Å². The van der Waals surface area contributed by atoms with E-state index in [2.05, 4.69) is 43.3 Å². The number of carbonyl (C=O) groups is 1. The molecule has 1 unspecified atom stereocenters. The van der Waals surface area contributed by atoms with Crippen LogP contribution in [0.5, 0.6) is 0 Å². The summed E-state index contributed by atoms with van der Waals surface area (Å²) in [5, 5.41) is 7.37. The molecule has 2 N–H and O–H groups in total. The quantitative estimate of drug-likeness (QED) is 0.787.